The first-order valence-corrected chi connectivity index (χ1v) is 6.37. The fourth-order valence-electron chi connectivity index (χ4n) is 2.05. The summed E-state index contributed by atoms with van der Waals surface area (Å²) in [6.45, 7) is 8.55. The van der Waals surface area contributed by atoms with Gasteiger partial charge in [-0.25, -0.2) is 0 Å². The molecule has 0 saturated carbocycles. The molecule has 3 nitrogen and oxygen atoms in total. The molecule has 0 bridgehead atoms. The molecule has 0 radical (unpaired) electrons. The van der Waals surface area contributed by atoms with Crippen LogP contribution in [0.15, 0.2) is 0 Å². The van der Waals surface area contributed by atoms with Crippen LogP contribution in [0.25, 0.3) is 0 Å². The van der Waals surface area contributed by atoms with Crippen molar-refractivity contribution >= 4 is 17.2 Å². The smallest absolute Gasteiger partial charge is 0.0784 e. The lowest BCUT2D eigenvalue weighted by Crippen LogP contribution is -2.34. The first-order chi connectivity index (χ1) is 7.45. The van der Waals surface area contributed by atoms with Crippen LogP contribution in [-0.2, 0) is 4.74 Å². The molecule has 0 spiro atoms. The van der Waals surface area contributed by atoms with E-state index < -0.39 is 0 Å². The number of hydrogen-bond acceptors (Lipinski definition) is 3. The number of ether oxygens (including phenoxy) is 1. The minimum atomic E-state index is -0.0192. The van der Waals surface area contributed by atoms with E-state index in [9.17, 15) is 0 Å². The monoisotopic (exact) mass is 244 g/mol. The average Bonchev–Trinajstić information content (AvgIpc) is 2.63. The van der Waals surface area contributed by atoms with Crippen molar-refractivity contribution in [3.8, 4) is 0 Å². The molecule has 0 aromatic heterocycles. The van der Waals surface area contributed by atoms with E-state index in [2.05, 4.69) is 18.7 Å². The van der Waals surface area contributed by atoms with Crippen molar-refractivity contribution in [2.24, 2.45) is 17.1 Å². The van der Waals surface area contributed by atoms with Crippen molar-refractivity contribution in [1.29, 1.82) is 0 Å². The molecular formula is C12H24N2OS. The van der Waals surface area contributed by atoms with Gasteiger partial charge in [0.1, 0.15) is 0 Å². The van der Waals surface area contributed by atoms with E-state index in [1.54, 1.807) is 7.11 Å². The third kappa shape index (κ3) is 4.00. The van der Waals surface area contributed by atoms with Crippen molar-refractivity contribution in [1.82, 2.24) is 4.90 Å². The lowest BCUT2D eigenvalue weighted by Gasteiger charge is -2.26. The Bertz CT molecular complexity index is 243. The molecule has 16 heavy (non-hydrogen) atoms. The van der Waals surface area contributed by atoms with Gasteiger partial charge in [-0.2, -0.15) is 0 Å². The highest BCUT2D eigenvalue weighted by molar-refractivity contribution is 7.80. The molecule has 2 N–H and O–H groups in total. The molecule has 1 unspecified atom stereocenters. The second kappa shape index (κ2) is 5.94. The van der Waals surface area contributed by atoms with Gasteiger partial charge in [-0.3, -0.25) is 0 Å². The van der Waals surface area contributed by atoms with E-state index >= 15 is 0 Å². The highest BCUT2D eigenvalue weighted by atomic mass is 32.1. The number of methoxy groups -OCH3 is 1. The normalized spacial score (nSPS) is 22.6. The van der Waals surface area contributed by atoms with Gasteiger partial charge in [0.05, 0.1) is 11.6 Å². The molecule has 1 aliphatic rings. The fraction of sp³-hybridized carbons (Fsp3) is 0.917. The van der Waals surface area contributed by atoms with Crippen LogP contribution in [0.4, 0.5) is 0 Å². The summed E-state index contributed by atoms with van der Waals surface area (Å²) in [6.07, 6.45) is 2.30. The predicted octanol–water partition coefficient (Wildman–Crippen LogP) is 1.66. The molecule has 0 aromatic rings. The number of thiocarbonyl (C=S) groups is 1. The summed E-state index contributed by atoms with van der Waals surface area (Å²) in [6, 6.07) is 0. The molecule has 4 heteroatoms. The average molecular weight is 244 g/mol. The quantitative estimate of drug-likeness (QED) is 0.721. The lowest BCUT2D eigenvalue weighted by atomic mass is 9.89. The molecule has 1 atom stereocenters. The molecular weight excluding hydrogens is 220 g/mol. The van der Waals surface area contributed by atoms with E-state index in [1.165, 1.54) is 13.0 Å². The Labute approximate surface area is 104 Å². The van der Waals surface area contributed by atoms with Crippen LogP contribution in [0.1, 0.15) is 26.7 Å². The van der Waals surface area contributed by atoms with Crippen LogP contribution in [0, 0.1) is 11.3 Å². The highest BCUT2D eigenvalue weighted by Gasteiger charge is 2.26. The summed E-state index contributed by atoms with van der Waals surface area (Å²) in [5.41, 5.74) is 5.70. The van der Waals surface area contributed by atoms with Gasteiger partial charge in [0.2, 0.25) is 0 Å². The Morgan fingerprint density at radius 1 is 1.56 bits per heavy atom. The third-order valence-corrected chi connectivity index (χ3v) is 4.04. The van der Waals surface area contributed by atoms with Crippen LogP contribution in [0.2, 0.25) is 0 Å². The Kier molecular flexibility index (Phi) is 5.15. The summed E-state index contributed by atoms with van der Waals surface area (Å²) >= 11 is 5.08. The second-order valence-electron chi connectivity index (χ2n) is 5.41. The summed E-state index contributed by atoms with van der Waals surface area (Å²) in [7, 11) is 1.78. The van der Waals surface area contributed by atoms with Gasteiger partial charge in [0, 0.05) is 19.1 Å². The Hall–Kier alpha value is -0.190. The third-order valence-electron chi connectivity index (χ3n) is 3.49. The largest absolute Gasteiger partial charge is 0.393 e. The van der Waals surface area contributed by atoms with Gasteiger partial charge in [-0.05, 0) is 31.8 Å². The predicted molar refractivity (Wildman–Crippen MR) is 71.6 cm³/mol. The Morgan fingerprint density at radius 2 is 2.25 bits per heavy atom. The number of hydrogen-bond donors (Lipinski definition) is 1. The molecule has 1 saturated heterocycles. The number of nitrogens with zero attached hydrogens (tertiary/aromatic N) is 1. The van der Waals surface area contributed by atoms with Crippen molar-refractivity contribution < 1.29 is 4.74 Å². The Morgan fingerprint density at radius 3 is 2.81 bits per heavy atom. The van der Waals surface area contributed by atoms with Crippen molar-refractivity contribution in [3.63, 3.8) is 0 Å². The second-order valence-corrected chi connectivity index (χ2v) is 5.85. The van der Waals surface area contributed by atoms with E-state index in [-0.39, 0.29) is 5.41 Å². The first kappa shape index (κ1) is 13.9. The van der Waals surface area contributed by atoms with Gasteiger partial charge >= 0.3 is 0 Å². The van der Waals surface area contributed by atoms with Gasteiger partial charge in [-0.1, -0.05) is 26.1 Å². The van der Waals surface area contributed by atoms with E-state index in [1.807, 2.05) is 0 Å². The van der Waals surface area contributed by atoms with Crippen LogP contribution < -0.4 is 5.73 Å². The van der Waals surface area contributed by atoms with Crippen molar-refractivity contribution in [3.05, 3.63) is 0 Å². The highest BCUT2D eigenvalue weighted by Crippen LogP contribution is 2.23. The molecule has 1 aliphatic heterocycles. The molecule has 94 valence electrons. The summed E-state index contributed by atoms with van der Waals surface area (Å²) in [5.74, 6) is 0.706. The molecule has 1 fully saturated rings. The van der Waals surface area contributed by atoms with Gasteiger partial charge < -0.3 is 15.4 Å². The maximum atomic E-state index is 5.72. The molecule has 0 amide bonds. The van der Waals surface area contributed by atoms with Gasteiger partial charge in [0.25, 0.3) is 0 Å². The summed E-state index contributed by atoms with van der Waals surface area (Å²) < 4.78 is 5.19. The number of rotatable bonds is 6. The molecule has 1 rings (SSSR count). The lowest BCUT2D eigenvalue weighted by molar-refractivity contribution is 0.152. The van der Waals surface area contributed by atoms with E-state index in [4.69, 9.17) is 22.7 Å². The number of likely N-dealkylation sites (tertiary alicyclic amines) is 1. The topological polar surface area (TPSA) is 38.5 Å². The van der Waals surface area contributed by atoms with E-state index in [0.29, 0.717) is 10.9 Å². The SMILES string of the molecule is COCC1CCN(CCC(C)(C)C(N)=S)C1. The summed E-state index contributed by atoms with van der Waals surface area (Å²) in [4.78, 5) is 3.11. The zero-order valence-electron chi connectivity index (χ0n) is 10.7. The zero-order chi connectivity index (χ0) is 12.2. The van der Waals surface area contributed by atoms with Crippen LogP contribution >= 0.6 is 12.2 Å². The van der Waals surface area contributed by atoms with E-state index in [0.717, 1.165) is 26.1 Å². The van der Waals surface area contributed by atoms with Crippen molar-refractivity contribution in [2.45, 2.75) is 26.7 Å². The van der Waals surface area contributed by atoms with Crippen molar-refractivity contribution in [2.75, 3.05) is 33.4 Å². The maximum Gasteiger partial charge on any atom is 0.0784 e. The standard InChI is InChI=1S/C12H24N2OS/c1-12(2,11(13)16)5-7-14-6-4-10(8-14)9-15-3/h10H,4-9H2,1-3H3,(H2,13,16). The summed E-state index contributed by atoms with van der Waals surface area (Å²) in [5, 5.41) is 0. The zero-order valence-corrected chi connectivity index (χ0v) is 11.5. The van der Waals surface area contributed by atoms with Crippen LogP contribution in [-0.4, -0.2) is 43.2 Å². The number of nitrogens with two attached hydrogens (primary N) is 1. The van der Waals surface area contributed by atoms with Gasteiger partial charge in [0.15, 0.2) is 0 Å². The fourth-order valence-corrected chi connectivity index (χ4v) is 2.15. The maximum absolute atomic E-state index is 5.72. The minimum absolute atomic E-state index is 0.0192. The first-order valence-electron chi connectivity index (χ1n) is 5.97. The van der Waals surface area contributed by atoms with Gasteiger partial charge in [-0.15, -0.1) is 0 Å². The Balaban J connectivity index is 2.27. The molecule has 0 aromatic carbocycles. The van der Waals surface area contributed by atoms with Crippen LogP contribution in [0.5, 0.6) is 0 Å². The molecule has 1 heterocycles. The minimum Gasteiger partial charge on any atom is -0.393 e. The molecule has 0 aliphatic carbocycles. The van der Waals surface area contributed by atoms with Crippen LogP contribution in [0.3, 0.4) is 0 Å².